The SMILES string of the molecule is CCCc1ccc2[cH-]c(C(C)C)cc2c1-c1cc(C(C)(C)C)cc(C(C)(C)C)c1.[Cl][Zr+2][Cl].[c-]1cccc2c1[Si]c1ccccc1-2. The zero-order valence-corrected chi connectivity index (χ0v) is 33.3. The quantitative estimate of drug-likeness (QED) is 0.125. The average Bonchev–Trinajstić information content (AvgIpc) is 3.59. The van der Waals surface area contributed by atoms with Crippen LogP contribution in [0.4, 0.5) is 0 Å². The van der Waals surface area contributed by atoms with Crippen LogP contribution in [0.5, 0.6) is 0 Å². The standard InChI is InChI=1S/C29H39.C12H7Si.2ClH.Zr/c1-10-11-20-12-13-21-14-22(19(2)3)17-26(21)27(20)23-15-24(28(4,5)6)18-25(16-23)29(7,8)9;1-3-7-11-9(5-1)10-6-2-4-8-12(10)13-11;;;/h12-19H,10-11H2,1-9H3;1-7H;2*1H;/q2*-1;;;+4/p-2. The minimum absolute atomic E-state index is 0.129. The topological polar surface area (TPSA) is 0 Å². The van der Waals surface area contributed by atoms with E-state index in [0.717, 1.165) is 15.9 Å². The molecule has 45 heavy (non-hydrogen) atoms. The maximum atomic E-state index is 4.93. The Morgan fingerprint density at radius 1 is 0.822 bits per heavy atom. The van der Waals surface area contributed by atoms with E-state index in [1.54, 1.807) is 0 Å². The number of hydrogen-bond acceptors (Lipinski definition) is 0. The van der Waals surface area contributed by atoms with Gasteiger partial charge in [-0.05, 0) is 39.9 Å². The predicted molar refractivity (Wildman–Crippen MR) is 198 cm³/mol. The maximum absolute atomic E-state index is 4.93. The number of rotatable bonds is 4. The largest absolute Gasteiger partial charge is 0.184 e. The molecule has 0 aromatic heterocycles. The van der Waals surface area contributed by atoms with Crippen LogP contribution in [-0.2, 0) is 38.1 Å². The van der Waals surface area contributed by atoms with Gasteiger partial charge >= 0.3 is 37.9 Å². The van der Waals surface area contributed by atoms with Crippen molar-refractivity contribution in [3.05, 3.63) is 113 Å². The first-order valence-electron chi connectivity index (χ1n) is 16.0. The molecule has 0 saturated carbocycles. The smallest absolute Gasteiger partial charge is 0.0920 e. The second-order valence-corrected chi connectivity index (χ2v) is 19.3. The van der Waals surface area contributed by atoms with Gasteiger partial charge in [-0.3, -0.25) is 0 Å². The third-order valence-corrected chi connectivity index (χ3v) is 9.84. The molecule has 1 heterocycles. The van der Waals surface area contributed by atoms with Crippen LogP contribution in [0, 0.1) is 6.07 Å². The minimum atomic E-state index is -0.826. The third kappa shape index (κ3) is 8.75. The van der Waals surface area contributed by atoms with Gasteiger partial charge in [0, 0.05) is 0 Å². The van der Waals surface area contributed by atoms with Crippen LogP contribution in [0.1, 0.15) is 96.9 Å². The van der Waals surface area contributed by atoms with Crippen LogP contribution >= 0.6 is 17.0 Å². The molecule has 1 aliphatic rings. The van der Waals surface area contributed by atoms with Crippen molar-refractivity contribution in [2.24, 2.45) is 0 Å². The van der Waals surface area contributed by atoms with Gasteiger partial charge in [0.2, 0.25) is 0 Å². The van der Waals surface area contributed by atoms with E-state index in [1.807, 2.05) is 6.07 Å². The zero-order valence-electron chi connectivity index (χ0n) is 28.3. The van der Waals surface area contributed by atoms with Crippen LogP contribution < -0.4 is 10.4 Å². The Bertz CT molecular complexity index is 1660. The fraction of sp³-hybridized carbons (Fsp3) is 0.341. The van der Waals surface area contributed by atoms with Crippen molar-refractivity contribution < 1.29 is 20.8 Å². The normalized spacial score (nSPS) is 12.1. The first-order valence-corrected chi connectivity index (χ1v) is 23.3. The monoisotopic (exact) mass is 726 g/mol. The fourth-order valence-electron chi connectivity index (χ4n) is 5.87. The molecule has 232 valence electrons. The summed E-state index contributed by atoms with van der Waals surface area (Å²) in [5, 5.41) is 5.62. The molecule has 4 heteroatoms. The number of hydrogen-bond donors (Lipinski definition) is 0. The molecule has 0 bridgehead atoms. The number of aryl methyl sites for hydroxylation is 1. The second kappa shape index (κ2) is 15.4. The van der Waals surface area contributed by atoms with Gasteiger partial charge in [0.25, 0.3) is 0 Å². The van der Waals surface area contributed by atoms with Crippen LogP contribution in [-0.4, -0.2) is 9.52 Å². The Morgan fingerprint density at radius 2 is 1.44 bits per heavy atom. The molecular weight excluding hydrogens is 683 g/mol. The molecule has 0 unspecified atom stereocenters. The summed E-state index contributed by atoms with van der Waals surface area (Å²) in [7, 11) is 10.7. The van der Waals surface area contributed by atoms with E-state index in [1.165, 1.54) is 72.1 Å². The number of benzene rings is 4. The van der Waals surface area contributed by atoms with Gasteiger partial charge in [-0.1, -0.05) is 133 Å². The van der Waals surface area contributed by atoms with E-state index in [0.29, 0.717) is 5.92 Å². The average molecular weight is 729 g/mol. The molecule has 6 rings (SSSR count). The molecule has 0 N–H and O–H groups in total. The summed E-state index contributed by atoms with van der Waals surface area (Å²) >= 11 is -0.826. The van der Waals surface area contributed by atoms with Crippen molar-refractivity contribution >= 4 is 47.7 Å². The van der Waals surface area contributed by atoms with Gasteiger partial charge in [-0.25, -0.2) is 0 Å². The first kappa shape index (κ1) is 36.0. The van der Waals surface area contributed by atoms with Crippen LogP contribution in [0.15, 0.2) is 84.9 Å². The molecule has 0 aliphatic carbocycles. The van der Waals surface area contributed by atoms with E-state index >= 15 is 0 Å². The summed E-state index contributed by atoms with van der Waals surface area (Å²) < 4.78 is 0. The molecule has 0 saturated heterocycles. The number of fused-ring (bicyclic) bond motifs is 4. The summed E-state index contributed by atoms with van der Waals surface area (Å²) in [5.74, 6) is 0.552. The van der Waals surface area contributed by atoms with E-state index < -0.39 is 20.8 Å². The minimum Gasteiger partial charge on any atom is -0.184 e. The molecule has 0 amide bonds. The van der Waals surface area contributed by atoms with Crippen LogP contribution in [0.2, 0.25) is 0 Å². The predicted octanol–water partition coefficient (Wildman–Crippen LogP) is 11.4. The van der Waals surface area contributed by atoms with Crippen molar-refractivity contribution in [2.45, 2.75) is 91.9 Å². The van der Waals surface area contributed by atoms with Crippen molar-refractivity contribution in [1.29, 1.82) is 0 Å². The molecule has 2 radical (unpaired) electrons. The Kier molecular flexibility index (Phi) is 12.3. The van der Waals surface area contributed by atoms with E-state index in [9.17, 15) is 0 Å². The van der Waals surface area contributed by atoms with Crippen molar-refractivity contribution in [2.75, 3.05) is 0 Å². The zero-order chi connectivity index (χ0) is 32.9. The number of halogens is 2. The van der Waals surface area contributed by atoms with Crippen LogP contribution in [0.25, 0.3) is 33.0 Å². The van der Waals surface area contributed by atoms with Crippen molar-refractivity contribution in [3.63, 3.8) is 0 Å². The van der Waals surface area contributed by atoms with Crippen molar-refractivity contribution in [1.82, 2.24) is 0 Å². The van der Waals surface area contributed by atoms with Gasteiger partial charge in [0.1, 0.15) is 0 Å². The van der Waals surface area contributed by atoms with Crippen LogP contribution in [0.3, 0.4) is 0 Å². The molecule has 0 spiro atoms. The Morgan fingerprint density at radius 3 is 2.04 bits per heavy atom. The molecular formula is C41H46Cl2SiZr. The first-order chi connectivity index (χ1) is 21.3. The summed E-state index contributed by atoms with van der Waals surface area (Å²) in [4.78, 5) is 0. The molecule has 5 aromatic carbocycles. The van der Waals surface area contributed by atoms with Crippen molar-refractivity contribution in [3.8, 4) is 22.3 Å². The Hall–Kier alpha value is -1.83. The van der Waals surface area contributed by atoms with E-state index in [4.69, 9.17) is 17.0 Å². The second-order valence-electron chi connectivity index (χ2n) is 14.3. The maximum Gasteiger partial charge on any atom is 0.0920 e. The fourth-order valence-corrected chi connectivity index (χ4v) is 7.18. The third-order valence-electron chi connectivity index (χ3n) is 8.47. The summed E-state index contributed by atoms with van der Waals surface area (Å²) in [6.07, 6.45) is 2.29. The Balaban J connectivity index is 0.000000236. The molecule has 0 nitrogen and oxygen atoms in total. The molecule has 5 aromatic rings. The van der Waals surface area contributed by atoms with E-state index in [-0.39, 0.29) is 10.8 Å². The molecule has 0 atom stereocenters. The van der Waals surface area contributed by atoms with Gasteiger partial charge in [-0.2, -0.15) is 35.5 Å². The summed E-state index contributed by atoms with van der Waals surface area (Å²) in [6, 6.07) is 35.0. The molecule has 0 fully saturated rings. The van der Waals surface area contributed by atoms with Gasteiger partial charge < -0.3 is 0 Å². The van der Waals surface area contributed by atoms with E-state index in [2.05, 4.69) is 147 Å². The summed E-state index contributed by atoms with van der Waals surface area (Å²) in [5.41, 5.74) is 11.6. The van der Waals surface area contributed by atoms with Gasteiger partial charge in [0.15, 0.2) is 0 Å². The molecule has 1 aliphatic heterocycles. The summed E-state index contributed by atoms with van der Waals surface area (Å²) in [6.45, 7) is 20.8. The Labute approximate surface area is 293 Å². The van der Waals surface area contributed by atoms with Gasteiger partial charge in [-0.15, -0.1) is 40.1 Å². The van der Waals surface area contributed by atoms with Gasteiger partial charge in [0.05, 0.1) is 9.52 Å².